The zero-order valence-corrected chi connectivity index (χ0v) is 42.5. The number of thiophene rings is 1. The van der Waals surface area contributed by atoms with Crippen LogP contribution in [0.2, 0.25) is 0 Å². The molecule has 13 aromatic rings. The fourth-order valence-corrected chi connectivity index (χ4v) is 14.5. The molecule has 2 aliphatic rings. The summed E-state index contributed by atoms with van der Waals surface area (Å²) in [6.07, 6.45) is 0. The second kappa shape index (κ2) is 17.7. The molecular formula is C74H49NS. The molecule has 0 radical (unpaired) electrons. The van der Waals surface area contributed by atoms with Gasteiger partial charge in [0.15, 0.2) is 0 Å². The molecule has 1 heterocycles. The minimum atomic E-state index is -0.549. The first kappa shape index (κ1) is 44.2. The van der Waals surface area contributed by atoms with Crippen LogP contribution in [0.5, 0.6) is 0 Å². The van der Waals surface area contributed by atoms with E-state index in [4.69, 9.17) is 0 Å². The van der Waals surface area contributed by atoms with E-state index in [1.54, 1.807) is 0 Å². The molecule has 2 aliphatic carbocycles. The van der Waals surface area contributed by atoms with E-state index in [2.05, 4.69) is 302 Å². The number of hydrogen-bond acceptors (Lipinski definition) is 2. The molecule has 76 heavy (non-hydrogen) atoms. The second-order valence-electron chi connectivity index (χ2n) is 20.3. The minimum absolute atomic E-state index is 0.499. The van der Waals surface area contributed by atoms with Crippen molar-refractivity contribution in [1.29, 1.82) is 0 Å². The summed E-state index contributed by atoms with van der Waals surface area (Å²) in [6.45, 7) is 0. The largest absolute Gasteiger partial charge is 0.310 e. The van der Waals surface area contributed by atoms with Gasteiger partial charge in [0.1, 0.15) is 0 Å². The Hall–Kier alpha value is -9.34. The number of rotatable bonds is 9. The lowest BCUT2D eigenvalue weighted by molar-refractivity contribution is 0.768. The van der Waals surface area contributed by atoms with Crippen LogP contribution in [0.25, 0.3) is 64.7 Å². The Bertz CT molecular complexity index is 4250. The molecular weight excluding hydrogens is 935 g/mol. The monoisotopic (exact) mass is 983 g/mol. The molecule has 0 aliphatic heterocycles. The molecule has 0 saturated heterocycles. The topological polar surface area (TPSA) is 3.24 Å². The van der Waals surface area contributed by atoms with Crippen LogP contribution in [-0.4, -0.2) is 0 Å². The molecule has 2 heteroatoms. The van der Waals surface area contributed by atoms with E-state index in [-0.39, 0.29) is 0 Å². The van der Waals surface area contributed by atoms with Gasteiger partial charge in [-0.25, -0.2) is 0 Å². The van der Waals surface area contributed by atoms with Gasteiger partial charge in [0.25, 0.3) is 0 Å². The van der Waals surface area contributed by atoms with E-state index >= 15 is 0 Å². The average Bonchev–Trinajstić information content (AvgIpc) is 4.31. The van der Waals surface area contributed by atoms with Crippen molar-refractivity contribution in [2.24, 2.45) is 0 Å². The Morgan fingerprint density at radius 2 is 0.697 bits per heavy atom. The van der Waals surface area contributed by atoms with Gasteiger partial charge in [-0.2, -0.15) is 0 Å². The molecule has 0 fully saturated rings. The number of hydrogen-bond donors (Lipinski definition) is 0. The molecule has 0 spiro atoms. The van der Waals surface area contributed by atoms with Crippen LogP contribution in [0.4, 0.5) is 17.1 Å². The summed E-state index contributed by atoms with van der Waals surface area (Å²) < 4.78 is 2.65. The van der Waals surface area contributed by atoms with Crippen molar-refractivity contribution in [1.82, 2.24) is 0 Å². The third kappa shape index (κ3) is 6.57. The maximum absolute atomic E-state index is 2.49. The van der Waals surface area contributed by atoms with Gasteiger partial charge in [-0.15, -0.1) is 11.3 Å². The third-order valence-electron chi connectivity index (χ3n) is 16.4. The predicted octanol–water partition coefficient (Wildman–Crippen LogP) is 19.6. The minimum Gasteiger partial charge on any atom is -0.310 e. The molecule has 0 N–H and O–H groups in total. The molecule has 0 bridgehead atoms. The highest BCUT2D eigenvalue weighted by molar-refractivity contribution is 7.26. The van der Waals surface area contributed by atoms with Crippen LogP contribution >= 0.6 is 11.3 Å². The second-order valence-corrected chi connectivity index (χ2v) is 21.3. The molecule has 0 atom stereocenters. The summed E-state index contributed by atoms with van der Waals surface area (Å²) >= 11 is 1.88. The SMILES string of the molecule is c1ccc(C2(c3ccccc3)c3ccccc3-c3cc(N(c4ccc(-c5cccc(-c6cccc7c6sc6ccccc67)c5)cc4)c4ccc5c(c4)C(c4ccccc4)(c4ccccc4)c4ccccc4-5)ccc32)cc1. The van der Waals surface area contributed by atoms with Crippen LogP contribution in [0, 0.1) is 0 Å². The summed E-state index contributed by atoms with van der Waals surface area (Å²) in [5.41, 5.74) is 22.3. The number of nitrogens with zero attached hydrogens (tertiary/aromatic N) is 1. The van der Waals surface area contributed by atoms with E-state index < -0.39 is 10.8 Å². The summed E-state index contributed by atoms with van der Waals surface area (Å²) in [5, 5.41) is 2.63. The zero-order valence-electron chi connectivity index (χ0n) is 41.6. The smallest absolute Gasteiger partial charge is 0.0714 e. The van der Waals surface area contributed by atoms with Gasteiger partial charge >= 0.3 is 0 Å². The van der Waals surface area contributed by atoms with E-state index in [0.29, 0.717) is 0 Å². The molecule has 12 aromatic carbocycles. The van der Waals surface area contributed by atoms with Crippen LogP contribution in [-0.2, 0) is 10.8 Å². The van der Waals surface area contributed by atoms with Gasteiger partial charge in [-0.05, 0) is 138 Å². The quantitative estimate of drug-likeness (QED) is 0.139. The van der Waals surface area contributed by atoms with Crippen LogP contribution in [0.3, 0.4) is 0 Å². The molecule has 0 amide bonds. The van der Waals surface area contributed by atoms with Gasteiger partial charge in [0, 0.05) is 37.2 Å². The lowest BCUT2D eigenvalue weighted by Crippen LogP contribution is -2.28. The van der Waals surface area contributed by atoms with Crippen LogP contribution in [0.15, 0.2) is 297 Å². The molecule has 356 valence electrons. The highest BCUT2D eigenvalue weighted by Crippen LogP contribution is 2.59. The van der Waals surface area contributed by atoms with E-state index in [1.165, 1.54) is 109 Å². The van der Waals surface area contributed by atoms with E-state index in [1.807, 2.05) is 11.3 Å². The number of benzene rings is 12. The van der Waals surface area contributed by atoms with Crippen molar-refractivity contribution in [3.05, 3.63) is 342 Å². The molecule has 1 nitrogen and oxygen atoms in total. The molecule has 15 rings (SSSR count). The van der Waals surface area contributed by atoms with Crippen molar-refractivity contribution >= 4 is 48.6 Å². The first-order valence-corrected chi connectivity index (χ1v) is 27.1. The van der Waals surface area contributed by atoms with E-state index in [0.717, 1.165) is 17.1 Å². The third-order valence-corrected chi connectivity index (χ3v) is 17.7. The predicted molar refractivity (Wildman–Crippen MR) is 319 cm³/mol. The Morgan fingerprint density at radius 3 is 1.34 bits per heavy atom. The van der Waals surface area contributed by atoms with Gasteiger partial charge in [0.05, 0.1) is 10.8 Å². The first-order valence-electron chi connectivity index (χ1n) is 26.3. The fourth-order valence-electron chi connectivity index (χ4n) is 13.2. The van der Waals surface area contributed by atoms with Crippen LogP contribution in [0.1, 0.15) is 44.5 Å². The van der Waals surface area contributed by atoms with Crippen molar-refractivity contribution in [3.63, 3.8) is 0 Å². The highest BCUT2D eigenvalue weighted by atomic mass is 32.1. The molecule has 0 saturated carbocycles. The summed E-state index contributed by atoms with van der Waals surface area (Å²) in [7, 11) is 0. The standard InChI is InChI=1S/C74H49NS/c1-5-23-53(24-6-1)73(54-25-7-2-8-26-54)68-37-17-14-32-62(68)66-48-58(44-46-69(66)73)75(57-41-39-50(40-42-57)51-21-19-22-52(47-51)60-34-20-35-65-64-33-15-18-38-71(64)76-72(60)65)59-43-45-63-61-31-13-16-36-67(61)74(70(63)49-59,55-27-9-3-10-28-55)56-29-11-4-12-30-56/h1-49H. The average molecular weight is 984 g/mol. The first-order chi connectivity index (χ1) is 37.7. The maximum Gasteiger partial charge on any atom is 0.0714 e. The lowest BCUT2D eigenvalue weighted by atomic mass is 9.67. The summed E-state index contributed by atoms with van der Waals surface area (Å²) in [5.74, 6) is 0. The van der Waals surface area contributed by atoms with Crippen LogP contribution < -0.4 is 4.90 Å². The summed E-state index contributed by atoms with van der Waals surface area (Å²) in [4.78, 5) is 2.49. The zero-order chi connectivity index (χ0) is 50.2. The fraction of sp³-hybridized carbons (Fsp3) is 0.0270. The maximum atomic E-state index is 2.49. The lowest BCUT2D eigenvalue weighted by Gasteiger charge is -2.35. The van der Waals surface area contributed by atoms with Gasteiger partial charge in [-0.1, -0.05) is 249 Å². The van der Waals surface area contributed by atoms with Crippen molar-refractivity contribution < 1.29 is 0 Å². The Kier molecular flexibility index (Phi) is 10.3. The van der Waals surface area contributed by atoms with Gasteiger partial charge < -0.3 is 4.90 Å². The van der Waals surface area contributed by atoms with E-state index in [9.17, 15) is 0 Å². The van der Waals surface area contributed by atoms with Gasteiger partial charge in [0.2, 0.25) is 0 Å². The van der Waals surface area contributed by atoms with Crippen molar-refractivity contribution in [2.75, 3.05) is 4.90 Å². The van der Waals surface area contributed by atoms with Crippen molar-refractivity contribution in [3.8, 4) is 44.5 Å². The Labute approximate surface area is 447 Å². The molecule has 0 unspecified atom stereocenters. The Balaban J connectivity index is 0.929. The number of fused-ring (bicyclic) bond motifs is 9. The Morgan fingerprint density at radius 1 is 0.250 bits per heavy atom. The summed E-state index contributed by atoms with van der Waals surface area (Å²) in [6, 6.07) is 111. The molecule has 1 aromatic heterocycles. The number of anilines is 3. The normalized spacial score (nSPS) is 13.5. The van der Waals surface area contributed by atoms with Gasteiger partial charge in [-0.3, -0.25) is 0 Å². The van der Waals surface area contributed by atoms with Crippen molar-refractivity contribution in [2.45, 2.75) is 10.8 Å². The highest BCUT2D eigenvalue weighted by Gasteiger charge is 2.48.